The molecule has 0 saturated heterocycles. The number of anilines is 6. The first-order valence-electron chi connectivity index (χ1n) is 20.4. The van der Waals surface area contributed by atoms with Gasteiger partial charge < -0.3 is 9.80 Å². The van der Waals surface area contributed by atoms with Crippen LogP contribution in [0, 0.1) is 0 Å². The summed E-state index contributed by atoms with van der Waals surface area (Å²) in [6.45, 7) is 4.71. The molecule has 2 nitrogen and oxygen atoms in total. The van der Waals surface area contributed by atoms with Crippen LogP contribution in [0.4, 0.5) is 34.1 Å². The highest BCUT2D eigenvalue weighted by molar-refractivity contribution is 5.98. The van der Waals surface area contributed by atoms with Crippen LogP contribution in [0.2, 0.25) is 0 Å². The van der Waals surface area contributed by atoms with E-state index in [9.17, 15) is 0 Å². The summed E-state index contributed by atoms with van der Waals surface area (Å²) >= 11 is 0. The Morgan fingerprint density at radius 2 is 0.678 bits per heavy atom. The minimum absolute atomic E-state index is 0.145. The molecule has 0 heterocycles. The van der Waals surface area contributed by atoms with Crippen molar-refractivity contribution < 1.29 is 0 Å². The number of hydrogen-bond acceptors (Lipinski definition) is 2. The molecule has 0 radical (unpaired) electrons. The highest BCUT2D eigenvalue weighted by Gasteiger charge is 2.36. The molecule has 0 spiro atoms. The number of para-hydroxylation sites is 3. The average Bonchev–Trinajstić information content (AvgIpc) is 3.53. The second kappa shape index (κ2) is 15.2. The Kier molecular flexibility index (Phi) is 9.24. The minimum atomic E-state index is -0.145. The molecule has 1 aliphatic carbocycles. The Bertz CT molecular complexity index is 2790. The highest BCUT2D eigenvalue weighted by Crippen LogP contribution is 2.52. The lowest BCUT2D eigenvalue weighted by Crippen LogP contribution is -2.17. The smallest absolute Gasteiger partial charge is 0.0488 e. The van der Waals surface area contributed by atoms with E-state index in [2.05, 4.69) is 254 Å². The van der Waals surface area contributed by atoms with E-state index in [1.54, 1.807) is 0 Å². The van der Waals surface area contributed by atoms with Crippen molar-refractivity contribution in [3.8, 4) is 44.5 Å². The number of benzene rings is 9. The number of nitrogens with zero attached hydrogens (tertiary/aromatic N) is 2. The van der Waals surface area contributed by atoms with Gasteiger partial charge in [0.2, 0.25) is 0 Å². The van der Waals surface area contributed by atoms with E-state index in [0.717, 1.165) is 39.7 Å². The third kappa shape index (κ3) is 6.59. The van der Waals surface area contributed by atoms with E-state index in [1.165, 1.54) is 50.1 Å². The zero-order chi connectivity index (χ0) is 39.8. The Morgan fingerprint density at radius 1 is 0.271 bits per heavy atom. The van der Waals surface area contributed by atoms with Crippen LogP contribution in [0.3, 0.4) is 0 Å². The van der Waals surface area contributed by atoms with Crippen molar-refractivity contribution in [2.45, 2.75) is 19.3 Å². The van der Waals surface area contributed by atoms with Crippen LogP contribution >= 0.6 is 0 Å². The molecular formula is C57H44N2. The first kappa shape index (κ1) is 36.0. The molecule has 9 aromatic rings. The van der Waals surface area contributed by atoms with Crippen molar-refractivity contribution in [3.63, 3.8) is 0 Å². The fourth-order valence-electron chi connectivity index (χ4n) is 9.03. The van der Waals surface area contributed by atoms with Gasteiger partial charge in [-0.15, -0.1) is 0 Å². The van der Waals surface area contributed by atoms with Crippen molar-refractivity contribution in [1.82, 2.24) is 0 Å². The van der Waals surface area contributed by atoms with Crippen molar-refractivity contribution in [3.05, 3.63) is 242 Å². The third-order valence-corrected chi connectivity index (χ3v) is 11.8. The summed E-state index contributed by atoms with van der Waals surface area (Å²) in [6.07, 6.45) is 0. The largest absolute Gasteiger partial charge is 0.310 e. The molecule has 0 unspecified atom stereocenters. The maximum Gasteiger partial charge on any atom is 0.0488 e. The SMILES string of the molecule is CC1(C)c2ccccc2-c2ccc(N(c3ccccc3)c3cc(-c4c(-c5ccccc5)cccc4-c4ccccc4)cc(N(c4ccccc4)c4ccccc4)c3)cc21. The monoisotopic (exact) mass is 756 g/mol. The minimum Gasteiger partial charge on any atom is -0.310 e. The fraction of sp³-hybridized carbons (Fsp3) is 0.0526. The molecule has 0 aromatic heterocycles. The molecule has 0 saturated carbocycles. The summed E-state index contributed by atoms with van der Waals surface area (Å²) in [5.74, 6) is 0. The Labute approximate surface area is 347 Å². The average molecular weight is 757 g/mol. The van der Waals surface area contributed by atoms with Crippen LogP contribution in [0.25, 0.3) is 44.5 Å². The van der Waals surface area contributed by atoms with Gasteiger partial charge in [0.1, 0.15) is 0 Å². The van der Waals surface area contributed by atoms with E-state index < -0.39 is 0 Å². The lowest BCUT2D eigenvalue weighted by molar-refractivity contribution is 0.660. The van der Waals surface area contributed by atoms with Gasteiger partial charge in [0.15, 0.2) is 0 Å². The molecule has 282 valence electrons. The van der Waals surface area contributed by atoms with E-state index in [-0.39, 0.29) is 5.41 Å². The van der Waals surface area contributed by atoms with Crippen LogP contribution in [0.5, 0.6) is 0 Å². The topological polar surface area (TPSA) is 6.48 Å². The maximum atomic E-state index is 2.44. The van der Waals surface area contributed by atoms with Crippen LogP contribution in [-0.2, 0) is 5.41 Å². The molecule has 9 aromatic carbocycles. The first-order valence-corrected chi connectivity index (χ1v) is 20.4. The van der Waals surface area contributed by atoms with E-state index in [1.807, 2.05) is 0 Å². The Balaban J connectivity index is 1.28. The predicted octanol–water partition coefficient (Wildman–Crippen LogP) is 15.9. The number of hydrogen-bond donors (Lipinski definition) is 0. The van der Waals surface area contributed by atoms with Crippen LogP contribution in [0.1, 0.15) is 25.0 Å². The van der Waals surface area contributed by atoms with Gasteiger partial charge in [0.25, 0.3) is 0 Å². The van der Waals surface area contributed by atoms with Crippen LogP contribution < -0.4 is 9.80 Å². The van der Waals surface area contributed by atoms with Crippen molar-refractivity contribution in [2.24, 2.45) is 0 Å². The maximum absolute atomic E-state index is 2.44. The molecule has 0 N–H and O–H groups in total. The summed E-state index contributed by atoms with van der Waals surface area (Å²) in [4.78, 5) is 4.82. The third-order valence-electron chi connectivity index (χ3n) is 11.8. The Morgan fingerprint density at radius 3 is 1.19 bits per heavy atom. The van der Waals surface area contributed by atoms with E-state index in [0.29, 0.717) is 0 Å². The second-order valence-electron chi connectivity index (χ2n) is 15.8. The molecule has 0 amide bonds. The standard InChI is InChI=1S/C57H44N2/c1-57(2)54-34-19-18-31-52(54)53-36-35-47(40-55(53)57)59(46-29-16-7-17-30-46)49-38-43(37-48(39-49)58(44-25-12-5-13-26-44)45-27-14-6-15-28-45)56-50(41-21-8-3-9-22-41)32-20-33-51(56)42-23-10-4-11-24-42/h3-40H,1-2H3. The molecule has 2 heteroatoms. The van der Waals surface area contributed by atoms with Gasteiger partial charge >= 0.3 is 0 Å². The highest BCUT2D eigenvalue weighted by atomic mass is 15.2. The van der Waals surface area contributed by atoms with Crippen LogP contribution in [-0.4, -0.2) is 0 Å². The molecule has 0 atom stereocenters. The van der Waals surface area contributed by atoms with Gasteiger partial charge in [-0.25, -0.2) is 0 Å². The Hall–Kier alpha value is -7.42. The zero-order valence-corrected chi connectivity index (χ0v) is 33.3. The van der Waals surface area contributed by atoms with Gasteiger partial charge in [0.05, 0.1) is 0 Å². The molecule has 59 heavy (non-hydrogen) atoms. The van der Waals surface area contributed by atoms with Gasteiger partial charge in [-0.2, -0.15) is 0 Å². The summed E-state index contributed by atoms with van der Waals surface area (Å²) in [5, 5.41) is 0. The normalized spacial score (nSPS) is 12.4. The van der Waals surface area contributed by atoms with Crippen molar-refractivity contribution in [2.75, 3.05) is 9.80 Å². The zero-order valence-electron chi connectivity index (χ0n) is 33.3. The lowest BCUT2D eigenvalue weighted by atomic mass is 9.82. The quantitative estimate of drug-likeness (QED) is 0.145. The molecule has 1 aliphatic rings. The van der Waals surface area contributed by atoms with Crippen molar-refractivity contribution >= 4 is 34.1 Å². The molecule has 0 bridgehead atoms. The summed E-state index contributed by atoms with van der Waals surface area (Å²) in [7, 11) is 0. The van der Waals surface area contributed by atoms with Gasteiger partial charge in [-0.05, 0) is 122 Å². The predicted molar refractivity (Wildman–Crippen MR) is 250 cm³/mol. The van der Waals surface area contributed by atoms with Gasteiger partial charge in [0, 0.05) is 39.5 Å². The van der Waals surface area contributed by atoms with E-state index >= 15 is 0 Å². The van der Waals surface area contributed by atoms with E-state index in [4.69, 9.17) is 0 Å². The summed E-state index contributed by atoms with van der Waals surface area (Å²) in [5.41, 5.74) is 18.7. The second-order valence-corrected chi connectivity index (χ2v) is 15.8. The lowest BCUT2D eigenvalue weighted by Gasteiger charge is -2.31. The summed E-state index contributed by atoms with van der Waals surface area (Å²) < 4.78 is 0. The number of fused-ring (bicyclic) bond motifs is 3. The van der Waals surface area contributed by atoms with Crippen molar-refractivity contribution in [1.29, 1.82) is 0 Å². The molecule has 0 fully saturated rings. The summed E-state index contributed by atoms with van der Waals surface area (Å²) in [6, 6.07) is 83.6. The molecule has 10 rings (SSSR count). The molecular weight excluding hydrogens is 713 g/mol. The fourth-order valence-corrected chi connectivity index (χ4v) is 9.03. The van der Waals surface area contributed by atoms with Crippen LogP contribution in [0.15, 0.2) is 231 Å². The first-order chi connectivity index (χ1) is 29.0. The van der Waals surface area contributed by atoms with Gasteiger partial charge in [-0.3, -0.25) is 0 Å². The van der Waals surface area contributed by atoms with Gasteiger partial charge in [-0.1, -0.05) is 178 Å². The number of rotatable bonds is 9. The molecule has 0 aliphatic heterocycles.